The zero-order valence-electron chi connectivity index (χ0n) is 11.1. The Labute approximate surface area is 98.6 Å². The van der Waals surface area contributed by atoms with Crippen molar-refractivity contribution in [2.75, 3.05) is 26.9 Å². The van der Waals surface area contributed by atoms with Crippen molar-refractivity contribution in [2.45, 2.75) is 45.6 Å². The topological polar surface area (TPSA) is 39.7 Å². The van der Waals surface area contributed by atoms with E-state index in [9.17, 15) is 0 Å². The predicted molar refractivity (Wildman–Crippen MR) is 63.4 cm³/mol. The van der Waals surface area contributed by atoms with Gasteiger partial charge >= 0.3 is 0 Å². The molecule has 1 aliphatic rings. The van der Waals surface area contributed by atoms with Crippen LogP contribution in [0.5, 0.6) is 0 Å². The Balaban J connectivity index is 2.36. The van der Waals surface area contributed by atoms with Crippen molar-refractivity contribution in [1.82, 2.24) is 5.32 Å². The van der Waals surface area contributed by atoms with Crippen molar-refractivity contribution in [1.29, 1.82) is 0 Å². The fourth-order valence-electron chi connectivity index (χ4n) is 1.70. The summed E-state index contributed by atoms with van der Waals surface area (Å²) in [6.45, 7) is 10.4. The summed E-state index contributed by atoms with van der Waals surface area (Å²) < 4.78 is 16.4. The quantitative estimate of drug-likeness (QED) is 0.776. The molecule has 0 aromatic heterocycles. The Morgan fingerprint density at radius 2 is 1.88 bits per heavy atom. The van der Waals surface area contributed by atoms with E-state index < -0.39 is 5.79 Å². The van der Waals surface area contributed by atoms with Crippen LogP contribution in [-0.4, -0.2) is 44.8 Å². The molecule has 1 N–H and O–H groups in total. The van der Waals surface area contributed by atoms with Crippen LogP contribution in [0.15, 0.2) is 0 Å². The van der Waals surface area contributed by atoms with Crippen LogP contribution in [0.25, 0.3) is 0 Å². The lowest BCUT2D eigenvalue weighted by atomic mass is 10.0. The molecule has 0 radical (unpaired) electrons. The molecule has 0 aliphatic carbocycles. The second-order valence-corrected chi connectivity index (χ2v) is 5.19. The third-order valence-corrected chi connectivity index (χ3v) is 2.86. The van der Waals surface area contributed by atoms with Crippen molar-refractivity contribution in [3.05, 3.63) is 0 Å². The van der Waals surface area contributed by atoms with E-state index in [1.54, 1.807) is 7.11 Å². The van der Waals surface area contributed by atoms with Crippen LogP contribution in [0.4, 0.5) is 0 Å². The molecule has 1 atom stereocenters. The van der Waals surface area contributed by atoms with E-state index in [-0.39, 0.29) is 6.04 Å². The second-order valence-electron chi connectivity index (χ2n) is 5.19. The van der Waals surface area contributed by atoms with Crippen LogP contribution in [0.2, 0.25) is 0 Å². The Bertz CT molecular complexity index is 196. The molecule has 1 rings (SSSR count). The number of methoxy groups -OCH3 is 1. The third kappa shape index (κ3) is 4.37. The normalized spacial score (nSPS) is 23.6. The SMILES string of the molecule is COCC(NC1COC(C)(C)OC1)C(C)C. The van der Waals surface area contributed by atoms with Crippen molar-refractivity contribution >= 4 is 0 Å². The highest BCUT2D eigenvalue weighted by Gasteiger charge is 2.29. The van der Waals surface area contributed by atoms with Gasteiger partial charge in [-0.2, -0.15) is 0 Å². The summed E-state index contributed by atoms with van der Waals surface area (Å²) >= 11 is 0. The largest absolute Gasteiger partial charge is 0.383 e. The first kappa shape index (κ1) is 13.9. The Morgan fingerprint density at radius 3 is 2.31 bits per heavy atom. The van der Waals surface area contributed by atoms with Gasteiger partial charge in [0.05, 0.1) is 25.9 Å². The maximum Gasteiger partial charge on any atom is 0.162 e. The summed E-state index contributed by atoms with van der Waals surface area (Å²) in [7, 11) is 1.73. The van der Waals surface area contributed by atoms with Gasteiger partial charge in [0, 0.05) is 13.2 Å². The van der Waals surface area contributed by atoms with Crippen molar-refractivity contribution in [3.63, 3.8) is 0 Å². The number of ether oxygens (including phenoxy) is 3. The van der Waals surface area contributed by atoms with Gasteiger partial charge < -0.3 is 19.5 Å². The number of hydrogen-bond acceptors (Lipinski definition) is 4. The van der Waals surface area contributed by atoms with Crippen LogP contribution in [-0.2, 0) is 14.2 Å². The lowest BCUT2D eigenvalue weighted by Gasteiger charge is -2.37. The monoisotopic (exact) mass is 231 g/mol. The molecule has 0 spiro atoms. The van der Waals surface area contributed by atoms with Crippen LogP contribution >= 0.6 is 0 Å². The van der Waals surface area contributed by atoms with Gasteiger partial charge in [-0.05, 0) is 19.8 Å². The van der Waals surface area contributed by atoms with Gasteiger partial charge in [0.2, 0.25) is 0 Å². The molecule has 1 heterocycles. The summed E-state index contributed by atoms with van der Waals surface area (Å²) in [5, 5.41) is 3.52. The molecule has 1 saturated heterocycles. The van der Waals surface area contributed by atoms with E-state index >= 15 is 0 Å². The Kier molecular flexibility index (Phi) is 5.18. The average Bonchev–Trinajstić information content (AvgIpc) is 2.20. The molecule has 0 amide bonds. The van der Waals surface area contributed by atoms with Gasteiger partial charge in [0.15, 0.2) is 5.79 Å². The zero-order chi connectivity index (χ0) is 12.2. The lowest BCUT2D eigenvalue weighted by molar-refractivity contribution is -0.254. The molecule has 1 fully saturated rings. The highest BCUT2D eigenvalue weighted by atomic mass is 16.7. The first-order chi connectivity index (χ1) is 7.44. The zero-order valence-corrected chi connectivity index (χ0v) is 11.1. The summed E-state index contributed by atoms with van der Waals surface area (Å²) in [5.74, 6) is 0.0992. The molecule has 0 aromatic carbocycles. The fraction of sp³-hybridized carbons (Fsp3) is 1.00. The van der Waals surface area contributed by atoms with E-state index in [1.807, 2.05) is 13.8 Å². The van der Waals surface area contributed by atoms with Crippen molar-refractivity contribution < 1.29 is 14.2 Å². The smallest absolute Gasteiger partial charge is 0.162 e. The summed E-state index contributed by atoms with van der Waals surface area (Å²) in [6.07, 6.45) is 0. The second kappa shape index (κ2) is 5.96. The van der Waals surface area contributed by atoms with Crippen LogP contribution in [0.3, 0.4) is 0 Å². The first-order valence-electron chi connectivity index (χ1n) is 5.97. The minimum Gasteiger partial charge on any atom is -0.383 e. The van der Waals surface area contributed by atoms with Crippen molar-refractivity contribution in [3.8, 4) is 0 Å². The molecule has 1 aliphatic heterocycles. The Hall–Kier alpha value is -0.160. The summed E-state index contributed by atoms with van der Waals surface area (Å²) in [4.78, 5) is 0. The van der Waals surface area contributed by atoms with Gasteiger partial charge in [-0.15, -0.1) is 0 Å². The molecule has 1 unspecified atom stereocenters. The van der Waals surface area contributed by atoms with Gasteiger partial charge in [-0.1, -0.05) is 13.8 Å². The Morgan fingerprint density at radius 1 is 1.31 bits per heavy atom. The molecule has 96 valence electrons. The highest BCUT2D eigenvalue weighted by molar-refractivity contribution is 4.79. The van der Waals surface area contributed by atoms with Crippen LogP contribution in [0.1, 0.15) is 27.7 Å². The van der Waals surface area contributed by atoms with E-state index in [2.05, 4.69) is 19.2 Å². The van der Waals surface area contributed by atoms with Gasteiger partial charge in [0.25, 0.3) is 0 Å². The molecular weight excluding hydrogens is 206 g/mol. The molecule has 0 saturated carbocycles. The molecule has 16 heavy (non-hydrogen) atoms. The summed E-state index contributed by atoms with van der Waals surface area (Å²) in [5.41, 5.74) is 0. The molecule has 4 heteroatoms. The van der Waals surface area contributed by atoms with Gasteiger partial charge in [-0.25, -0.2) is 0 Å². The maximum atomic E-state index is 5.61. The maximum absolute atomic E-state index is 5.61. The minimum atomic E-state index is -0.438. The number of hydrogen-bond donors (Lipinski definition) is 1. The molecule has 4 nitrogen and oxygen atoms in total. The number of nitrogens with one attached hydrogen (secondary N) is 1. The number of rotatable bonds is 5. The average molecular weight is 231 g/mol. The molecular formula is C12H25NO3. The lowest BCUT2D eigenvalue weighted by Crippen LogP contribution is -2.53. The predicted octanol–water partition coefficient (Wildman–Crippen LogP) is 1.40. The third-order valence-electron chi connectivity index (χ3n) is 2.86. The van der Waals surface area contributed by atoms with Crippen molar-refractivity contribution in [2.24, 2.45) is 5.92 Å². The van der Waals surface area contributed by atoms with Gasteiger partial charge in [-0.3, -0.25) is 0 Å². The van der Waals surface area contributed by atoms with E-state index in [1.165, 1.54) is 0 Å². The van der Waals surface area contributed by atoms with E-state index in [0.29, 0.717) is 25.2 Å². The van der Waals surface area contributed by atoms with E-state index in [4.69, 9.17) is 14.2 Å². The van der Waals surface area contributed by atoms with Gasteiger partial charge in [0.1, 0.15) is 0 Å². The minimum absolute atomic E-state index is 0.260. The highest BCUT2D eigenvalue weighted by Crippen LogP contribution is 2.17. The first-order valence-corrected chi connectivity index (χ1v) is 5.97. The fourth-order valence-corrected chi connectivity index (χ4v) is 1.70. The van der Waals surface area contributed by atoms with E-state index in [0.717, 1.165) is 6.61 Å². The standard InChI is InChI=1S/C12H25NO3/c1-9(2)11(8-14-5)13-10-6-15-12(3,4)16-7-10/h9-11,13H,6-8H2,1-5H3. The van der Waals surface area contributed by atoms with Crippen LogP contribution < -0.4 is 5.32 Å². The summed E-state index contributed by atoms with van der Waals surface area (Å²) in [6, 6.07) is 0.610. The molecule has 0 aromatic rings. The van der Waals surface area contributed by atoms with Crippen LogP contribution in [0, 0.1) is 5.92 Å². The molecule has 0 bridgehead atoms.